The Bertz CT molecular complexity index is 1260. The number of Topliss-reactive ketones (excluding diaryl/α,β-unsaturated/α-hetero) is 1. The van der Waals surface area contributed by atoms with Crippen molar-refractivity contribution in [1.82, 2.24) is 5.32 Å². The molecule has 1 aromatic carbocycles. The lowest BCUT2D eigenvalue weighted by molar-refractivity contribution is -0.380. The SMILES string of the molecule is CC(C)c1ccc2c(c1)OC1(O)C3=C(CCC=C3)C(=O)C21NC(=O)c1ccc([N+](=O)[O-])s1. The first kappa shape index (κ1) is 20.6. The standard InChI is InChI=1S/C23H20N2O6S/c1-12(2)13-7-8-16-17(11-13)31-23(28)15-6-4-3-5-14(15)20(26)22(16,23)24-21(27)18-9-10-19(32-18)25(29)30/h4,6-12,28H,3,5H2,1-2H3,(H,24,27). The normalized spacial score (nSPS) is 25.4. The summed E-state index contributed by atoms with van der Waals surface area (Å²) in [5, 5.41) is 25.4. The number of fused-ring (bicyclic) bond motifs is 4. The molecule has 0 fully saturated rings. The molecule has 1 aromatic heterocycles. The summed E-state index contributed by atoms with van der Waals surface area (Å²) in [6, 6.07) is 7.90. The van der Waals surface area contributed by atoms with Gasteiger partial charge < -0.3 is 15.2 Å². The predicted molar refractivity (Wildman–Crippen MR) is 117 cm³/mol. The van der Waals surface area contributed by atoms with Crippen molar-refractivity contribution in [3.05, 3.63) is 79.7 Å². The minimum atomic E-state index is -2.10. The number of carbonyl (C=O) groups excluding carboxylic acids is 2. The summed E-state index contributed by atoms with van der Waals surface area (Å²) in [4.78, 5) is 37.5. The number of amides is 1. The number of thiophene rings is 1. The van der Waals surface area contributed by atoms with Crippen molar-refractivity contribution in [3.8, 4) is 5.75 Å². The van der Waals surface area contributed by atoms with Gasteiger partial charge in [0.25, 0.3) is 11.7 Å². The number of nitro groups is 1. The second-order valence-corrected chi connectivity index (χ2v) is 9.48. The summed E-state index contributed by atoms with van der Waals surface area (Å²) in [6.45, 7) is 4.03. The van der Waals surface area contributed by atoms with Crippen molar-refractivity contribution in [3.63, 3.8) is 0 Å². The molecule has 2 N–H and O–H groups in total. The van der Waals surface area contributed by atoms with E-state index in [9.17, 15) is 24.8 Å². The average molecular weight is 452 g/mol. The van der Waals surface area contributed by atoms with Gasteiger partial charge in [-0.15, -0.1) is 0 Å². The molecule has 32 heavy (non-hydrogen) atoms. The Balaban J connectivity index is 1.65. The molecule has 2 unspecified atom stereocenters. The number of rotatable bonds is 4. The molecular weight excluding hydrogens is 432 g/mol. The van der Waals surface area contributed by atoms with Crippen LogP contribution in [0.4, 0.5) is 5.00 Å². The molecule has 8 nitrogen and oxygen atoms in total. The van der Waals surface area contributed by atoms with Gasteiger partial charge in [-0.1, -0.05) is 49.5 Å². The van der Waals surface area contributed by atoms with Crippen LogP contribution in [0.5, 0.6) is 5.75 Å². The van der Waals surface area contributed by atoms with Gasteiger partial charge in [-0.25, -0.2) is 0 Å². The van der Waals surface area contributed by atoms with Crippen LogP contribution < -0.4 is 10.1 Å². The Hall–Kier alpha value is -3.30. The van der Waals surface area contributed by atoms with E-state index >= 15 is 0 Å². The summed E-state index contributed by atoms with van der Waals surface area (Å²) in [5.41, 5.74) is 0.229. The van der Waals surface area contributed by atoms with Gasteiger partial charge in [-0.3, -0.25) is 19.7 Å². The third-order valence-electron chi connectivity index (χ3n) is 6.29. The Labute approximate surface area is 187 Å². The van der Waals surface area contributed by atoms with Crippen LogP contribution in [0.1, 0.15) is 53.4 Å². The van der Waals surface area contributed by atoms with Crippen molar-refractivity contribution in [2.24, 2.45) is 0 Å². The van der Waals surface area contributed by atoms with Crippen molar-refractivity contribution in [1.29, 1.82) is 0 Å². The monoisotopic (exact) mass is 452 g/mol. The van der Waals surface area contributed by atoms with Crippen molar-refractivity contribution in [2.45, 2.75) is 43.9 Å². The molecule has 5 rings (SSSR count). The van der Waals surface area contributed by atoms with Crippen molar-refractivity contribution < 1.29 is 24.4 Å². The van der Waals surface area contributed by atoms with Gasteiger partial charge >= 0.3 is 5.00 Å². The number of carbonyl (C=O) groups is 2. The molecule has 1 aliphatic heterocycles. The number of ether oxygens (including phenoxy) is 1. The number of hydrogen-bond donors (Lipinski definition) is 2. The Morgan fingerprint density at radius 2 is 2.09 bits per heavy atom. The Kier molecular flexibility index (Phi) is 4.41. The van der Waals surface area contributed by atoms with Crippen LogP contribution in [0.15, 0.2) is 53.6 Å². The van der Waals surface area contributed by atoms with Crippen LogP contribution in [-0.4, -0.2) is 27.5 Å². The molecule has 0 saturated heterocycles. The highest BCUT2D eigenvalue weighted by Gasteiger charge is 2.72. The fourth-order valence-corrected chi connectivity index (χ4v) is 5.39. The summed E-state index contributed by atoms with van der Waals surface area (Å²) in [5.74, 6) is -2.70. The van der Waals surface area contributed by atoms with Gasteiger partial charge in [-0.05, 0) is 36.5 Å². The van der Waals surface area contributed by atoms with Crippen LogP contribution in [0.2, 0.25) is 0 Å². The average Bonchev–Trinajstić information content (AvgIpc) is 3.40. The first-order valence-electron chi connectivity index (χ1n) is 10.3. The summed E-state index contributed by atoms with van der Waals surface area (Å²) in [7, 11) is 0. The maximum absolute atomic E-state index is 13.8. The van der Waals surface area contributed by atoms with E-state index in [1.165, 1.54) is 12.1 Å². The second-order valence-electron chi connectivity index (χ2n) is 8.42. The van der Waals surface area contributed by atoms with E-state index in [4.69, 9.17) is 4.74 Å². The maximum atomic E-state index is 13.8. The second kappa shape index (κ2) is 6.85. The highest BCUT2D eigenvalue weighted by Crippen LogP contribution is 2.58. The van der Waals surface area contributed by atoms with E-state index in [0.717, 1.165) is 5.56 Å². The summed E-state index contributed by atoms with van der Waals surface area (Å²) >= 11 is 0.704. The molecule has 164 valence electrons. The molecule has 0 spiro atoms. The molecular formula is C23H20N2O6S. The summed E-state index contributed by atoms with van der Waals surface area (Å²) in [6.07, 6.45) is 4.60. The van der Waals surface area contributed by atoms with Crippen molar-refractivity contribution >= 4 is 28.0 Å². The number of ketones is 1. The zero-order valence-corrected chi connectivity index (χ0v) is 18.2. The zero-order valence-electron chi connectivity index (χ0n) is 17.4. The molecule has 2 aromatic rings. The van der Waals surface area contributed by atoms with E-state index in [-0.39, 0.29) is 15.8 Å². The van der Waals surface area contributed by atoms with Crippen LogP contribution in [0.25, 0.3) is 0 Å². The topological polar surface area (TPSA) is 119 Å². The number of aliphatic hydroxyl groups is 1. The number of nitrogens with one attached hydrogen (secondary N) is 1. The number of nitrogens with zero attached hydrogens (tertiary/aromatic N) is 1. The molecule has 0 bridgehead atoms. The van der Waals surface area contributed by atoms with E-state index < -0.39 is 27.9 Å². The van der Waals surface area contributed by atoms with Gasteiger partial charge in [0.2, 0.25) is 5.54 Å². The Morgan fingerprint density at radius 3 is 2.78 bits per heavy atom. The lowest BCUT2D eigenvalue weighted by Crippen LogP contribution is -2.63. The van der Waals surface area contributed by atoms with E-state index in [1.807, 2.05) is 26.0 Å². The quantitative estimate of drug-likeness (QED) is 0.539. The van der Waals surface area contributed by atoms with Crippen LogP contribution in [0, 0.1) is 10.1 Å². The van der Waals surface area contributed by atoms with E-state index in [1.54, 1.807) is 18.2 Å². The minimum Gasteiger partial charge on any atom is -0.454 e. The smallest absolute Gasteiger partial charge is 0.324 e. The Morgan fingerprint density at radius 1 is 1.31 bits per heavy atom. The highest BCUT2D eigenvalue weighted by molar-refractivity contribution is 7.17. The van der Waals surface area contributed by atoms with Crippen LogP contribution >= 0.6 is 11.3 Å². The number of allylic oxidation sites excluding steroid dienone is 1. The lowest BCUT2D eigenvalue weighted by Gasteiger charge is -2.35. The van der Waals surface area contributed by atoms with Gasteiger partial charge in [0.15, 0.2) is 5.78 Å². The molecule has 2 atom stereocenters. The van der Waals surface area contributed by atoms with E-state index in [2.05, 4.69) is 5.32 Å². The maximum Gasteiger partial charge on any atom is 0.324 e. The van der Waals surface area contributed by atoms with Crippen LogP contribution in [-0.2, 0) is 10.3 Å². The van der Waals surface area contributed by atoms with E-state index in [0.29, 0.717) is 46.6 Å². The predicted octanol–water partition coefficient (Wildman–Crippen LogP) is 3.72. The third-order valence-corrected chi connectivity index (χ3v) is 7.32. The lowest BCUT2D eigenvalue weighted by atomic mass is 9.81. The zero-order chi connectivity index (χ0) is 22.8. The molecule has 3 aliphatic rings. The molecule has 1 amide bonds. The molecule has 0 saturated carbocycles. The molecule has 2 heterocycles. The van der Waals surface area contributed by atoms with Crippen molar-refractivity contribution in [2.75, 3.05) is 0 Å². The fourth-order valence-electron chi connectivity index (χ4n) is 4.68. The van der Waals surface area contributed by atoms with Gasteiger partial charge in [0.1, 0.15) is 5.75 Å². The first-order chi connectivity index (χ1) is 15.2. The van der Waals surface area contributed by atoms with Crippen LogP contribution in [0.3, 0.4) is 0 Å². The number of benzene rings is 1. The molecule has 0 radical (unpaired) electrons. The third kappa shape index (κ3) is 2.58. The minimum absolute atomic E-state index is 0.0638. The molecule has 9 heteroatoms. The highest BCUT2D eigenvalue weighted by atomic mass is 32.1. The largest absolute Gasteiger partial charge is 0.454 e. The summed E-state index contributed by atoms with van der Waals surface area (Å²) < 4.78 is 6.04. The first-order valence-corrected chi connectivity index (χ1v) is 11.1. The van der Waals surface area contributed by atoms with Gasteiger partial charge in [0, 0.05) is 22.8 Å². The number of hydrogen-bond acceptors (Lipinski definition) is 7. The molecule has 2 aliphatic carbocycles. The fraction of sp³-hybridized carbons (Fsp3) is 0.304. The van der Waals surface area contributed by atoms with Gasteiger partial charge in [0.05, 0.1) is 9.80 Å². The van der Waals surface area contributed by atoms with Gasteiger partial charge in [-0.2, -0.15) is 0 Å².